The Labute approximate surface area is 163 Å². The van der Waals surface area contributed by atoms with Crippen molar-refractivity contribution in [3.63, 3.8) is 0 Å². The lowest BCUT2D eigenvalue weighted by atomic mass is 9.97. The lowest BCUT2D eigenvalue weighted by Crippen LogP contribution is -2.06. The Morgan fingerprint density at radius 1 is 1.37 bits per heavy atom. The predicted molar refractivity (Wildman–Crippen MR) is 108 cm³/mol. The number of rotatable bonds is 6. The van der Waals surface area contributed by atoms with E-state index >= 15 is 0 Å². The minimum absolute atomic E-state index is 0.259. The van der Waals surface area contributed by atoms with Gasteiger partial charge in [0.1, 0.15) is 0 Å². The molecule has 0 bridgehead atoms. The van der Waals surface area contributed by atoms with Gasteiger partial charge in [-0.2, -0.15) is 0 Å². The highest BCUT2D eigenvalue weighted by Crippen LogP contribution is 2.50. The number of benzene rings is 1. The zero-order chi connectivity index (χ0) is 18.6. The van der Waals surface area contributed by atoms with Gasteiger partial charge in [0.25, 0.3) is 0 Å². The Morgan fingerprint density at radius 2 is 2.19 bits per heavy atom. The molecule has 140 valence electrons. The van der Waals surface area contributed by atoms with Crippen molar-refractivity contribution in [1.82, 2.24) is 9.97 Å². The molecule has 0 atom stereocenters. The van der Waals surface area contributed by atoms with Crippen molar-refractivity contribution in [2.75, 3.05) is 6.61 Å². The first-order valence-corrected chi connectivity index (χ1v) is 10.7. The van der Waals surface area contributed by atoms with Gasteiger partial charge in [-0.1, -0.05) is 19.1 Å². The molecule has 0 unspecified atom stereocenters. The molecular formula is C22H24N2O2S. The topological polar surface area (TPSA) is 55.0 Å². The number of esters is 1. The molecule has 2 heterocycles. The van der Waals surface area contributed by atoms with Crippen LogP contribution in [0.5, 0.6) is 0 Å². The van der Waals surface area contributed by atoms with Crippen molar-refractivity contribution in [3.8, 4) is 0 Å². The molecule has 4 nitrogen and oxygen atoms in total. The molecule has 0 radical (unpaired) electrons. The monoisotopic (exact) mass is 380 g/mol. The summed E-state index contributed by atoms with van der Waals surface area (Å²) in [7, 11) is 0. The molecule has 2 aromatic heterocycles. The van der Waals surface area contributed by atoms with Crippen molar-refractivity contribution >= 4 is 28.2 Å². The number of aromatic amines is 1. The van der Waals surface area contributed by atoms with E-state index in [0.29, 0.717) is 12.3 Å². The number of hydrogen-bond donors (Lipinski definition) is 1. The highest BCUT2D eigenvalue weighted by Gasteiger charge is 2.42. The Balaban J connectivity index is 1.52. The third-order valence-electron chi connectivity index (χ3n) is 5.95. The van der Waals surface area contributed by atoms with E-state index in [1.54, 1.807) is 11.3 Å². The smallest absolute Gasteiger partial charge is 0.357 e. The maximum absolute atomic E-state index is 11.9. The number of hydrogen-bond acceptors (Lipinski definition) is 4. The van der Waals surface area contributed by atoms with Crippen LogP contribution in [0.15, 0.2) is 23.6 Å². The van der Waals surface area contributed by atoms with E-state index in [4.69, 9.17) is 4.74 Å². The van der Waals surface area contributed by atoms with Crippen molar-refractivity contribution in [2.24, 2.45) is 0 Å². The van der Waals surface area contributed by atoms with E-state index in [9.17, 15) is 4.79 Å². The zero-order valence-electron chi connectivity index (χ0n) is 15.8. The molecule has 0 saturated heterocycles. The number of H-pyrrole nitrogens is 1. The van der Waals surface area contributed by atoms with Crippen LogP contribution in [-0.4, -0.2) is 22.5 Å². The van der Waals surface area contributed by atoms with Gasteiger partial charge in [0.05, 0.1) is 11.6 Å². The lowest BCUT2D eigenvalue weighted by molar-refractivity contribution is 0.0520. The van der Waals surface area contributed by atoms with Crippen molar-refractivity contribution in [1.29, 1.82) is 0 Å². The molecule has 2 fully saturated rings. The third-order valence-corrected chi connectivity index (χ3v) is 6.80. The number of ether oxygens (including phenoxy) is 1. The summed E-state index contributed by atoms with van der Waals surface area (Å²) >= 11 is 1.54. The second-order valence-electron chi connectivity index (χ2n) is 8.14. The summed E-state index contributed by atoms with van der Waals surface area (Å²) in [5.41, 5.74) is 6.10. The van der Waals surface area contributed by atoms with Crippen LogP contribution in [0, 0.1) is 0 Å². The van der Waals surface area contributed by atoms with Gasteiger partial charge < -0.3 is 9.72 Å². The normalized spacial score (nSPS) is 18.0. The van der Waals surface area contributed by atoms with Gasteiger partial charge in [0.2, 0.25) is 0 Å². The summed E-state index contributed by atoms with van der Waals surface area (Å²) in [6.45, 7) is 4.53. The van der Waals surface area contributed by atoms with E-state index in [-0.39, 0.29) is 11.4 Å². The third kappa shape index (κ3) is 3.08. The molecule has 0 aliphatic heterocycles. The summed E-state index contributed by atoms with van der Waals surface area (Å²) in [5.74, 6) is 0.426. The highest BCUT2D eigenvalue weighted by molar-refractivity contribution is 7.09. The second kappa shape index (κ2) is 6.20. The van der Waals surface area contributed by atoms with E-state index in [2.05, 4.69) is 35.1 Å². The molecule has 5 rings (SSSR count). The average Bonchev–Trinajstić information content (AvgIpc) is 3.56. The molecule has 27 heavy (non-hydrogen) atoms. The minimum atomic E-state index is -0.331. The SMILES string of the molecule is CCOC(=O)c1csc(Cc2c(C3(C)CC3)[nH]c3cc(C4CC4)ccc23)n1. The van der Waals surface area contributed by atoms with Crippen LogP contribution < -0.4 is 0 Å². The lowest BCUT2D eigenvalue weighted by Gasteiger charge is -2.09. The Kier molecular flexibility index (Phi) is 3.90. The first-order valence-electron chi connectivity index (χ1n) is 9.84. The van der Waals surface area contributed by atoms with Gasteiger partial charge in [-0.3, -0.25) is 0 Å². The number of nitrogens with one attached hydrogen (secondary N) is 1. The molecule has 2 aliphatic rings. The fourth-order valence-corrected chi connectivity index (χ4v) is 4.70. The van der Waals surface area contributed by atoms with Crippen LogP contribution in [0.4, 0.5) is 0 Å². The van der Waals surface area contributed by atoms with Gasteiger partial charge in [0.15, 0.2) is 5.69 Å². The fourth-order valence-electron chi connectivity index (χ4n) is 3.92. The van der Waals surface area contributed by atoms with Crippen molar-refractivity contribution in [2.45, 2.75) is 57.3 Å². The van der Waals surface area contributed by atoms with E-state index in [0.717, 1.165) is 17.3 Å². The van der Waals surface area contributed by atoms with Gasteiger partial charge >= 0.3 is 5.97 Å². The van der Waals surface area contributed by atoms with E-state index in [1.165, 1.54) is 53.4 Å². The van der Waals surface area contributed by atoms with Crippen LogP contribution in [0.25, 0.3) is 10.9 Å². The van der Waals surface area contributed by atoms with Crippen LogP contribution in [0.3, 0.4) is 0 Å². The number of aromatic nitrogens is 2. The summed E-state index contributed by atoms with van der Waals surface area (Å²) in [5, 5.41) is 4.08. The van der Waals surface area contributed by atoms with E-state index < -0.39 is 0 Å². The molecule has 1 N–H and O–H groups in total. The van der Waals surface area contributed by atoms with E-state index in [1.807, 2.05) is 12.3 Å². The number of carbonyl (C=O) groups excluding carboxylic acids is 1. The second-order valence-corrected chi connectivity index (χ2v) is 9.08. The van der Waals surface area contributed by atoms with Gasteiger partial charge in [-0.25, -0.2) is 9.78 Å². The van der Waals surface area contributed by atoms with Gasteiger partial charge in [-0.15, -0.1) is 11.3 Å². The largest absolute Gasteiger partial charge is 0.461 e. The summed E-state index contributed by atoms with van der Waals surface area (Å²) in [6, 6.07) is 6.92. The molecule has 0 spiro atoms. The first kappa shape index (κ1) is 17.0. The fraction of sp³-hybridized carbons (Fsp3) is 0.455. The molecular weight excluding hydrogens is 356 g/mol. The quantitative estimate of drug-likeness (QED) is 0.589. The first-order chi connectivity index (χ1) is 13.1. The number of thiazole rings is 1. The molecule has 2 saturated carbocycles. The van der Waals surface area contributed by atoms with Gasteiger partial charge in [-0.05, 0) is 55.7 Å². The van der Waals surface area contributed by atoms with Crippen LogP contribution in [-0.2, 0) is 16.6 Å². The summed E-state index contributed by atoms with van der Waals surface area (Å²) < 4.78 is 5.08. The highest BCUT2D eigenvalue weighted by atomic mass is 32.1. The molecule has 3 aromatic rings. The standard InChI is InChI=1S/C22H24N2O2S/c1-3-26-21(25)18-12-27-19(23-18)11-16-15-7-6-14(13-4-5-13)10-17(15)24-20(16)22(2)8-9-22/h6-7,10,12-13,24H,3-5,8-9,11H2,1-2H3. The van der Waals surface area contributed by atoms with Crippen molar-refractivity contribution < 1.29 is 9.53 Å². The average molecular weight is 381 g/mol. The predicted octanol–water partition coefficient (Wildman–Crippen LogP) is 5.32. The molecule has 0 amide bonds. The van der Waals surface area contributed by atoms with Crippen molar-refractivity contribution in [3.05, 3.63) is 51.1 Å². The number of carbonyl (C=O) groups is 1. The molecule has 2 aliphatic carbocycles. The molecule has 1 aromatic carbocycles. The summed E-state index contributed by atoms with van der Waals surface area (Å²) in [6.07, 6.45) is 5.86. The zero-order valence-corrected chi connectivity index (χ0v) is 16.6. The number of nitrogens with zero attached hydrogens (tertiary/aromatic N) is 1. The maximum Gasteiger partial charge on any atom is 0.357 e. The van der Waals surface area contributed by atoms with Crippen LogP contribution in [0.2, 0.25) is 0 Å². The minimum Gasteiger partial charge on any atom is -0.461 e. The molecule has 5 heteroatoms. The van der Waals surface area contributed by atoms with Crippen LogP contribution in [0.1, 0.15) is 77.8 Å². The maximum atomic E-state index is 11.9. The summed E-state index contributed by atoms with van der Waals surface area (Å²) in [4.78, 5) is 20.2. The number of fused-ring (bicyclic) bond motifs is 1. The van der Waals surface area contributed by atoms with Gasteiger partial charge in [0, 0.05) is 33.8 Å². The van der Waals surface area contributed by atoms with Crippen LogP contribution >= 0.6 is 11.3 Å². The Hall–Kier alpha value is -2.14. The Bertz CT molecular complexity index is 1020. The Morgan fingerprint density at radius 3 is 2.89 bits per heavy atom.